The largest absolute Gasteiger partial charge is 0.493 e. The summed E-state index contributed by atoms with van der Waals surface area (Å²) in [6.45, 7) is 0.462. The van der Waals surface area contributed by atoms with Crippen LogP contribution in [-0.2, 0) is 40.2 Å². The first-order valence-electron chi connectivity index (χ1n) is 7.36. The number of carbonyl (C=O) groups excluding carboxylic acids is 2. The fraction of sp³-hybridized carbons (Fsp3) is 0.333. The van der Waals surface area contributed by atoms with Crippen LogP contribution in [-0.4, -0.2) is 46.7 Å². The average molecular weight is 370 g/mol. The molecule has 1 heterocycles. The van der Waals surface area contributed by atoms with Gasteiger partial charge in [0.15, 0.2) is 6.61 Å². The summed E-state index contributed by atoms with van der Waals surface area (Å²) in [5.74, 6) is -1.31. The van der Waals surface area contributed by atoms with Gasteiger partial charge in [-0.25, -0.2) is 18.4 Å². The highest BCUT2D eigenvalue weighted by molar-refractivity contribution is 7.89. The van der Waals surface area contributed by atoms with Gasteiger partial charge >= 0.3 is 5.97 Å². The maximum Gasteiger partial charge on any atom is 0.377 e. The maximum atomic E-state index is 11.6. The lowest BCUT2D eigenvalue weighted by Crippen LogP contribution is -2.31. The number of nitrogens with two attached hydrogens (primary N) is 1. The maximum absolute atomic E-state index is 11.6. The number of amides is 1. The number of carbonyl (C=O) groups is 2. The van der Waals surface area contributed by atoms with Crippen molar-refractivity contribution < 1.29 is 32.2 Å². The van der Waals surface area contributed by atoms with Crippen molar-refractivity contribution in [1.29, 1.82) is 0 Å². The number of benzene rings is 1. The van der Waals surface area contributed by atoms with Crippen LogP contribution in [0.5, 0.6) is 0 Å². The summed E-state index contributed by atoms with van der Waals surface area (Å²) in [6.07, 6.45) is 1.63. The molecule has 1 aromatic carbocycles. The lowest BCUT2D eigenvalue weighted by atomic mass is 10.1. The number of hydrogen-bond donors (Lipinski definition) is 2. The summed E-state index contributed by atoms with van der Waals surface area (Å²) in [7, 11) is -3.72. The predicted octanol–water partition coefficient (Wildman–Crippen LogP) is -0.576. The quantitative estimate of drug-likeness (QED) is 0.614. The van der Waals surface area contributed by atoms with Gasteiger partial charge in [-0.2, -0.15) is 0 Å². The summed E-state index contributed by atoms with van der Waals surface area (Å²) in [4.78, 5) is 23.2. The van der Waals surface area contributed by atoms with Gasteiger partial charge in [0.2, 0.25) is 15.8 Å². The molecule has 2 rings (SSSR count). The van der Waals surface area contributed by atoms with E-state index in [4.69, 9.17) is 19.3 Å². The van der Waals surface area contributed by atoms with Gasteiger partial charge in [-0.1, -0.05) is 12.1 Å². The molecule has 0 atom stereocenters. The number of sulfonamides is 1. The molecule has 0 bridgehead atoms. The molecule has 1 amide bonds. The Morgan fingerprint density at radius 1 is 1.20 bits per heavy atom. The molecule has 0 saturated heterocycles. The van der Waals surface area contributed by atoms with E-state index < -0.39 is 28.5 Å². The summed E-state index contributed by atoms with van der Waals surface area (Å²) in [5, 5.41) is 7.60. The van der Waals surface area contributed by atoms with Gasteiger partial charge in [-0.15, -0.1) is 0 Å². The van der Waals surface area contributed by atoms with Crippen LogP contribution in [0.4, 0.5) is 0 Å². The second kappa shape index (κ2) is 8.49. The highest BCUT2D eigenvalue weighted by Gasteiger charge is 2.17. The zero-order valence-electron chi connectivity index (χ0n) is 13.3. The summed E-state index contributed by atoms with van der Waals surface area (Å²) < 4.78 is 37.0. The minimum Gasteiger partial charge on any atom is -0.493 e. The van der Waals surface area contributed by atoms with Crippen LogP contribution in [0, 0.1) is 0 Å². The molecule has 1 aliphatic rings. The second-order valence-electron chi connectivity index (χ2n) is 5.07. The first-order valence-corrected chi connectivity index (χ1v) is 8.91. The molecule has 0 radical (unpaired) electrons. The van der Waals surface area contributed by atoms with Crippen molar-refractivity contribution in [3.05, 3.63) is 41.9 Å². The summed E-state index contributed by atoms with van der Waals surface area (Å²) in [5.41, 5.74) is 0.822. The Bertz CT molecular complexity index is 757. The average Bonchev–Trinajstić information content (AvgIpc) is 2.60. The van der Waals surface area contributed by atoms with Crippen molar-refractivity contribution in [3.8, 4) is 0 Å². The first-order chi connectivity index (χ1) is 11.9. The lowest BCUT2D eigenvalue weighted by Gasteiger charge is -2.14. The zero-order valence-corrected chi connectivity index (χ0v) is 14.1. The standard InChI is InChI=1S/C15H18N2O7S/c16-25(20,21)12-3-1-11(2-4-12)5-6-17-14(18)10-24-15(19)13-9-22-7-8-23-13/h1-4,9H,5-8,10H2,(H,17,18)(H2,16,20,21). The fourth-order valence-electron chi connectivity index (χ4n) is 1.92. The Hall–Kier alpha value is -2.59. The number of hydrogen-bond acceptors (Lipinski definition) is 7. The van der Waals surface area contributed by atoms with E-state index in [2.05, 4.69) is 5.32 Å². The number of primary sulfonamides is 1. The predicted molar refractivity (Wildman–Crippen MR) is 85.5 cm³/mol. The molecule has 0 spiro atoms. The van der Waals surface area contributed by atoms with E-state index in [0.29, 0.717) is 19.6 Å². The Morgan fingerprint density at radius 2 is 1.92 bits per heavy atom. The summed E-state index contributed by atoms with van der Waals surface area (Å²) in [6, 6.07) is 6.01. The third-order valence-electron chi connectivity index (χ3n) is 3.17. The Morgan fingerprint density at radius 3 is 2.52 bits per heavy atom. The van der Waals surface area contributed by atoms with Crippen molar-refractivity contribution in [2.24, 2.45) is 5.14 Å². The van der Waals surface area contributed by atoms with Crippen molar-refractivity contribution in [2.45, 2.75) is 11.3 Å². The van der Waals surface area contributed by atoms with Crippen LogP contribution >= 0.6 is 0 Å². The van der Waals surface area contributed by atoms with Crippen molar-refractivity contribution in [2.75, 3.05) is 26.4 Å². The SMILES string of the molecule is NS(=O)(=O)c1ccc(CCNC(=O)COC(=O)C2=COCCO2)cc1. The van der Waals surface area contributed by atoms with E-state index in [1.807, 2.05) is 0 Å². The van der Waals surface area contributed by atoms with Crippen LogP contribution in [0.2, 0.25) is 0 Å². The lowest BCUT2D eigenvalue weighted by molar-refractivity contribution is -0.149. The highest BCUT2D eigenvalue weighted by atomic mass is 32.2. The van der Waals surface area contributed by atoms with E-state index in [9.17, 15) is 18.0 Å². The molecule has 1 aliphatic heterocycles. The van der Waals surface area contributed by atoms with E-state index >= 15 is 0 Å². The molecule has 3 N–H and O–H groups in total. The number of rotatable bonds is 7. The van der Waals surface area contributed by atoms with Crippen molar-refractivity contribution in [3.63, 3.8) is 0 Å². The van der Waals surface area contributed by atoms with Gasteiger partial charge in [0, 0.05) is 6.54 Å². The van der Waals surface area contributed by atoms with E-state index in [1.54, 1.807) is 12.1 Å². The highest BCUT2D eigenvalue weighted by Crippen LogP contribution is 2.09. The number of nitrogens with one attached hydrogen (secondary N) is 1. The molecular weight excluding hydrogens is 352 g/mol. The van der Waals surface area contributed by atoms with Crippen LogP contribution in [0.3, 0.4) is 0 Å². The second-order valence-corrected chi connectivity index (χ2v) is 6.63. The number of esters is 1. The monoisotopic (exact) mass is 370 g/mol. The Labute approximate surface area is 144 Å². The zero-order chi connectivity index (χ0) is 18.3. The van der Waals surface area contributed by atoms with Gasteiger partial charge in [-0.3, -0.25) is 4.79 Å². The molecule has 0 saturated carbocycles. The molecule has 25 heavy (non-hydrogen) atoms. The third-order valence-corrected chi connectivity index (χ3v) is 4.10. The molecule has 0 aromatic heterocycles. The minimum absolute atomic E-state index is 0.0235. The third kappa shape index (κ3) is 6.08. The van der Waals surface area contributed by atoms with Gasteiger partial charge in [0.25, 0.3) is 5.91 Å². The fourth-order valence-corrected chi connectivity index (χ4v) is 2.44. The molecule has 9 nitrogen and oxygen atoms in total. The van der Waals surface area contributed by atoms with Gasteiger partial charge in [-0.05, 0) is 24.1 Å². The van der Waals surface area contributed by atoms with Crippen molar-refractivity contribution in [1.82, 2.24) is 5.32 Å². The van der Waals surface area contributed by atoms with Gasteiger partial charge < -0.3 is 19.5 Å². The van der Waals surface area contributed by atoms with Gasteiger partial charge in [0.1, 0.15) is 19.5 Å². The van der Waals surface area contributed by atoms with Crippen molar-refractivity contribution >= 4 is 21.9 Å². The Kier molecular flexibility index (Phi) is 6.37. The molecule has 0 aliphatic carbocycles. The molecule has 1 aromatic rings. The van der Waals surface area contributed by atoms with Crippen LogP contribution in [0.1, 0.15) is 5.56 Å². The van der Waals surface area contributed by atoms with Gasteiger partial charge in [0.05, 0.1) is 4.90 Å². The smallest absolute Gasteiger partial charge is 0.377 e. The molecule has 10 heteroatoms. The normalized spacial score (nSPS) is 13.9. The van der Waals surface area contributed by atoms with Crippen LogP contribution in [0.25, 0.3) is 0 Å². The van der Waals surface area contributed by atoms with E-state index in [1.165, 1.54) is 12.1 Å². The summed E-state index contributed by atoms with van der Waals surface area (Å²) >= 11 is 0. The molecule has 0 fully saturated rings. The molecule has 0 unspecified atom stereocenters. The van der Waals surface area contributed by atoms with Crippen LogP contribution in [0.15, 0.2) is 41.2 Å². The number of ether oxygens (including phenoxy) is 3. The van der Waals surface area contributed by atoms with Crippen LogP contribution < -0.4 is 10.5 Å². The van der Waals surface area contributed by atoms with E-state index in [-0.39, 0.29) is 17.3 Å². The molecular formula is C15H18N2O7S. The topological polar surface area (TPSA) is 134 Å². The molecule has 136 valence electrons. The first kappa shape index (κ1) is 18.7. The minimum atomic E-state index is -3.72. The Balaban J connectivity index is 1.70. The van der Waals surface area contributed by atoms with E-state index in [0.717, 1.165) is 11.8 Å².